The Labute approximate surface area is 71.2 Å². The molecule has 0 aliphatic carbocycles. The fourth-order valence-corrected chi connectivity index (χ4v) is 1.46. The van der Waals surface area contributed by atoms with Crippen LogP contribution in [0.2, 0.25) is 0 Å². The molecule has 0 aromatic carbocycles. The molecule has 1 aromatic heterocycles. The number of terminal acetylenes is 1. The lowest BCUT2D eigenvalue weighted by atomic mass is 10.3. The quantitative estimate of drug-likeness (QED) is 0.505. The topological polar surface area (TPSA) is 13.1 Å². The van der Waals surface area contributed by atoms with Crippen molar-refractivity contribution in [3.05, 3.63) is 23.7 Å². The molecular weight excluding hydrogens is 156 g/mol. The van der Waals surface area contributed by atoms with Crippen LogP contribution in [0.25, 0.3) is 0 Å². The summed E-state index contributed by atoms with van der Waals surface area (Å²) in [7, 11) is 0. The van der Waals surface area contributed by atoms with E-state index in [0.29, 0.717) is 0 Å². The highest BCUT2D eigenvalue weighted by Crippen LogP contribution is 2.15. The highest BCUT2D eigenvalue weighted by Gasteiger charge is 1.99. The molecule has 0 N–H and O–H groups in total. The number of hydrogen-bond acceptors (Lipinski definition) is 2. The molecule has 1 aromatic rings. The lowest BCUT2D eigenvalue weighted by Gasteiger charge is -1.94. The Kier molecular flexibility index (Phi) is 3.13. The monoisotopic (exact) mass is 166 g/mol. The van der Waals surface area contributed by atoms with Crippen molar-refractivity contribution in [3.63, 3.8) is 0 Å². The summed E-state index contributed by atoms with van der Waals surface area (Å²) in [6.07, 6.45) is 6.81. The first-order valence-corrected chi connectivity index (χ1v) is 4.54. The van der Waals surface area contributed by atoms with Crippen LogP contribution in [0.3, 0.4) is 0 Å². The van der Waals surface area contributed by atoms with Gasteiger partial charge in [-0.1, -0.05) is 5.92 Å². The Morgan fingerprint density at radius 1 is 1.73 bits per heavy atom. The van der Waals surface area contributed by atoms with Crippen LogP contribution >= 0.6 is 11.8 Å². The van der Waals surface area contributed by atoms with E-state index in [2.05, 4.69) is 5.92 Å². The van der Waals surface area contributed by atoms with Gasteiger partial charge in [-0.05, 0) is 18.6 Å². The van der Waals surface area contributed by atoms with Gasteiger partial charge in [0.2, 0.25) is 0 Å². The third kappa shape index (κ3) is 2.36. The van der Waals surface area contributed by atoms with E-state index < -0.39 is 0 Å². The Morgan fingerprint density at radius 2 is 2.55 bits per heavy atom. The van der Waals surface area contributed by atoms with Gasteiger partial charge in [0.25, 0.3) is 0 Å². The molecule has 1 nitrogen and oxygen atoms in total. The van der Waals surface area contributed by atoms with Gasteiger partial charge >= 0.3 is 0 Å². The van der Waals surface area contributed by atoms with Crippen molar-refractivity contribution in [2.45, 2.75) is 12.7 Å². The number of thioether (sulfide) groups is 1. The fourth-order valence-electron chi connectivity index (χ4n) is 0.755. The first-order chi connectivity index (χ1) is 5.34. The van der Waals surface area contributed by atoms with Gasteiger partial charge in [0.05, 0.1) is 17.8 Å². The van der Waals surface area contributed by atoms with Gasteiger partial charge in [-0.25, -0.2) is 0 Å². The molecule has 0 amide bonds. The smallest absolute Gasteiger partial charge is 0.116 e. The zero-order valence-electron chi connectivity index (χ0n) is 6.46. The van der Waals surface area contributed by atoms with E-state index in [0.717, 1.165) is 17.3 Å². The van der Waals surface area contributed by atoms with E-state index >= 15 is 0 Å². The molecule has 0 saturated heterocycles. The van der Waals surface area contributed by atoms with E-state index in [-0.39, 0.29) is 0 Å². The summed E-state index contributed by atoms with van der Waals surface area (Å²) in [5.41, 5.74) is 1.20. The molecule has 0 atom stereocenters. The number of aryl methyl sites for hydroxylation is 1. The third-order valence-electron chi connectivity index (χ3n) is 1.39. The number of rotatable bonds is 3. The molecular formula is C9H10OS. The summed E-state index contributed by atoms with van der Waals surface area (Å²) in [5.74, 6) is 5.23. The normalized spacial score (nSPS) is 9.45. The second kappa shape index (κ2) is 4.15. The Balaban J connectivity index is 2.40. The largest absolute Gasteiger partial charge is 0.468 e. The van der Waals surface area contributed by atoms with Gasteiger partial charge in [0, 0.05) is 0 Å². The van der Waals surface area contributed by atoms with Crippen molar-refractivity contribution in [2.75, 3.05) is 5.75 Å². The summed E-state index contributed by atoms with van der Waals surface area (Å²) < 4.78 is 5.22. The van der Waals surface area contributed by atoms with Crippen molar-refractivity contribution in [3.8, 4) is 12.3 Å². The van der Waals surface area contributed by atoms with E-state index in [1.54, 1.807) is 18.0 Å². The van der Waals surface area contributed by atoms with Gasteiger partial charge in [-0.15, -0.1) is 18.2 Å². The Hall–Kier alpha value is -0.810. The van der Waals surface area contributed by atoms with Crippen molar-refractivity contribution >= 4 is 11.8 Å². The van der Waals surface area contributed by atoms with Crippen molar-refractivity contribution in [1.82, 2.24) is 0 Å². The van der Waals surface area contributed by atoms with Gasteiger partial charge in [-0.2, -0.15) is 0 Å². The zero-order chi connectivity index (χ0) is 8.10. The molecule has 0 fully saturated rings. The summed E-state index contributed by atoms with van der Waals surface area (Å²) in [5, 5.41) is 0. The lowest BCUT2D eigenvalue weighted by molar-refractivity contribution is 0.528. The van der Waals surface area contributed by atoms with Crippen LogP contribution in [0.1, 0.15) is 11.3 Å². The van der Waals surface area contributed by atoms with Gasteiger partial charge in [0.15, 0.2) is 0 Å². The maximum Gasteiger partial charge on any atom is 0.116 e. The third-order valence-corrected chi connectivity index (χ3v) is 2.22. The van der Waals surface area contributed by atoms with E-state index in [4.69, 9.17) is 10.8 Å². The van der Waals surface area contributed by atoms with Crippen LogP contribution in [0, 0.1) is 19.3 Å². The molecule has 0 aliphatic rings. The molecule has 1 heterocycles. The fraction of sp³-hybridized carbons (Fsp3) is 0.333. The molecule has 11 heavy (non-hydrogen) atoms. The predicted octanol–water partition coefficient (Wildman–Crippen LogP) is 2.45. The van der Waals surface area contributed by atoms with Crippen LogP contribution in [0.5, 0.6) is 0 Å². The standard InChI is InChI=1S/C9H10OS/c1-3-6-11-7-9-8(2)4-5-10-9/h1,4-5H,6-7H2,2H3. The maximum atomic E-state index is 5.22. The average molecular weight is 166 g/mol. The average Bonchev–Trinajstić information content (AvgIpc) is 2.37. The summed E-state index contributed by atoms with van der Waals surface area (Å²) in [4.78, 5) is 0. The van der Waals surface area contributed by atoms with Crippen molar-refractivity contribution in [1.29, 1.82) is 0 Å². The minimum absolute atomic E-state index is 0.750. The molecule has 0 bridgehead atoms. The van der Waals surface area contributed by atoms with E-state index in [9.17, 15) is 0 Å². The second-order valence-corrected chi connectivity index (χ2v) is 3.21. The zero-order valence-corrected chi connectivity index (χ0v) is 7.28. The first kappa shape index (κ1) is 8.29. The minimum atomic E-state index is 0.750. The highest BCUT2D eigenvalue weighted by atomic mass is 32.2. The molecule has 1 rings (SSSR count). The maximum absolute atomic E-state index is 5.22. The van der Waals surface area contributed by atoms with Gasteiger partial charge < -0.3 is 4.42 Å². The lowest BCUT2D eigenvalue weighted by Crippen LogP contribution is -1.80. The molecule has 0 radical (unpaired) electrons. The highest BCUT2D eigenvalue weighted by molar-refractivity contribution is 7.98. The van der Waals surface area contributed by atoms with Crippen LogP contribution in [0.15, 0.2) is 16.7 Å². The van der Waals surface area contributed by atoms with Crippen molar-refractivity contribution < 1.29 is 4.42 Å². The molecule has 0 spiro atoms. The van der Waals surface area contributed by atoms with Crippen LogP contribution in [0.4, 0.5) is 0 Å². The summed E-state index contributed by atoms with van der Waals surface area (Å²) in [6, 6.07) is 1.96. The second-order valence-electron chi connectivity index (χ2n) is 2.22. The van der Waals surface area contributed by atoms with Gasteiger partial charge in [0.1, 0.15) is 5.76 Å². The van der Waals surface area contributed by atoms with E-state index in [1.807, 2.05) is 13.0 Å². The molecule has 2 heteroatoms. The van der Waals surface area contributed by atoms with Gasteiger partial charge in [-0.3, -0.25) is 0 Å². The predicted molar refractivity (Wildman–Crippen MR) is 48.4 cm³/mol. The molecule has 0 saturated carbocycles. The van der Waals surface area contributed by atoms with Crippen molar-refractivity contribution in [2.24, 2.45) is 0 Å². The minimum Gasteiger partial charge on any atom is -0.468 e. The van der Waals surface area contributed by atoms with E-state index in [1.165, 1.54) is 5.56 Å². The van der Waals surface area contributed by atoms with Crippen LogP contribution < -0.4 is 0 Å². The first-order valence-electron chi connectivity index (χ1n) is 3.38. The Bertz CT molecular complexity index is 257. The summed E-state index contributed by atoms with van der Waals surface area (Å²) in [6.45, 7) is 2.04. The molecule has 0 aliphatic heterocycles. The van der Waals surface area contributed by atoms with Crippen LogP contribution in [-0.4, -0.2) is 5.75 Å². The molecule has 0 unspecified atom stereocenters. The number of furan rings is 1. The Morgan fingerprint density at radius 3 is 3.09 bits per heavy atom. The SMILES string of the molecule is C#CCSCc1occc1C. The van der Waals surface area contributed by atoms with Crippen LogP contribution in [-0.2, 0) is 5.75 Å². The summed E-state index contributed by atoms with van der Waals surface area (Å²) >= 11 is 1.70. The number of hydrogen-bond donors (Lipinski definition) is 0. The molecule has 58 valence electrons.